The quantitative estimate of drug-likeness (QED) is 0.244. The molecule has 39 heavy (non-hydrogen) atoms. The number of aryl methyl sites for hydroxylation is 1. The van der Waals surface area contributed by atoms with Gasteiger partial charge in [-0.1, -0.05) is 0 Å². The summed E-state index contributed by atoms with van der Waals surface area (Å²) in [4.78, 5) is 21.9. The lowest BCUT2D eigenvalue weighted by molar-refractivity contribution is -0.161. The van der Waals surface area contributed by atoms with Gasteiger partial charge in [0.15, 0.2) is 12.4 Å². The SMILES string of the molecule is CC(C)=O.CCOC(=O)COc1ccc(SCC2(COc3ccc(C(F)(F)F)cc3)COC(C)(C)O2)cc1C. The van der Waals surface area contributed by atoms with Crippen LogP contribution in [0, 0.1) is 6.92 Å². The molecule has 1 heterocycles. The maximum absolute atomic E-state index is 12.8. The lowest BCUT2D eigenvalue weighted by atomic mass is 10.1. The van der Waals surface area contributed by atoms with E-state index >= 15 is 0 Å². The Morgan fingerprint density at radius 1 is 1.05 bits per heavy atom. The fourth-order valence-electron chi connectivity index (χ4n) is 3.45. The monoisotopic (exact) mass is 572 g/mol. The second-order valence-electron chi connectivity index (χ2n) is 9.50. The van der Waals surface area contributed by atoms with Gasteiger partial charge in [0.05, 0.1) is 18.8 Å². The van der Waals surface area contributed by atoms with Crippen LogP contribution in [0.15, 0.2) is 47.4 Å². The van der Waals surface area contributed by atoms with Crippen molar-refractivity contribution >= 4 is 23.5 Å². The van der Waals surface area contributed by atoms with Gasteiger partial charge in [-0.2, -0.15) is 13.2 Å². The van der Waals surface area contributed by atoms with E-state index in [-0.39, 0.29) is 25.6 Å². The van der Waals surface area contributed by atoms with Crippen LogP contribution in [0.3, 0.4) is 0 Å². The molecule has 11 heteroatoms. The van der Waals surface area contributed by atoms with Gasteiger partial charge in [-0.3, -0.25) is 0 Å². The minimum atomic E-state index is -4.40. The van der Waals surface area contributed by atoms with Crippen molar-refractivity contribution < 1.29 is 46.4 Å². The number of thioether (sulfide) groups is 1. The standard InChI is InChI=1S/C25H29F3O6S.C3H6O/c1-5-30-22(29)13-31-21-11-10-20(12-17(21)2)35-16-24(15-33-23(3,4)34-24)14-32-19-8-6-18(7-9-19)25(26,27)28;1-3(2)4/h6-12H,5,13-16H2,1-4H3;1-2H3. The highest BCUT2D eigenvalue weighted by Gasteiger charge is 2.46. The molecule has 7 nitrogen and oxygen atoms in total. The number of benzene rings is 2. The third-order valence-electron chi connectivity index (χ3n) is 5.13. The van der Waals surface area contributed by atoms with Crippen molar-refractivity contribution in [1.29, 1.82) is 0 Å². The van der Waals surface area contributed by atoms with Crippen LogP contribution in [0.2, 0.25) is 0 Å². The van der Waals surface area contributed by atoms with Crippen molar-refractivity contribution in [2.75, 3.05) is 32.2 Å². The Morgan fingerprint density at radius 3 is 2.21 bits per heavy atom. The van der Waals surface area contributed by atoms with Crippen LogP contribution in [0.5, 0.6) is 11.5 Å². The molecule has 1 atom stereocenters. The molecule has 2 aromatic rings. The highest BCUT2D eigenvalue weighted by molar-refractivity contribution is 7.99. The van der Waals surface area contributed by atoms with Gasteiger partial charge in [-0.05, 0) is 89.6 Å². The van der Waals surface area contributed by atoms with E-state index in [1.54, 1.807) is 26.8 Å². The predicted octanol–water partition coefficient (Wildman–Crippen LogP) is 6.24. The van der Waals surface area contributed by atoms with E-state index in [2.05, 4.69) is 0 Å². The van der Waals surface area contributed by atoms with E-state index in [9.17, 15) is 22.8 Å². The summed E-state index contributed by atoms with van der Waals surface area (Å²) in [5, 5.41) is 0. The van der Waals surface area contributed by atoms with Gasteiger partial charge >= 0.3 is 12.1 Å². The van der Waals surface area contributed by atoms with Crippen LogP contribution in [-0.4, -0.2) is 55.3 Å². The molecule has 1 aliphatic heterocycles. The van der Waals surface area contributed by atoms with Crippen LogP contribution < -0.4 is 9.47 Å². The number of halogens is 3. The smallest absolute Gasteiger partial charge is 0.416 e. The molecule has 2 aromatic carbocycles. The normalized spacial score (nSPS) is 18.1. The Bertz CT molecular complexity index is 1100. The van der Waals surface area contributed by atoms with Crippen molar-refractivity contribution in [3.05, 3.63) is 53.6 Å². The molecule has 0 bridgehead atoms. The minimum Gasteiger partial charge on any atom is -0.490 e. The van der Waals surface area contributed by atoms with Crippen LogP contribution in [0.1, 0.15) is 45.7 Å². The highest BCUT2D eigenvalue weighted by Crippen LogP contribution is 2.37. The Labute approximate surface area is 231 Å². The van der Waals surface area contributed by atoms with Gasteiger partial charge < -0.3 is 28.5 Å². The molecule has 3 rings (SSSR count). The summed E-state index contributed by atoms with van der Waals surface area (Å²) in [5.41, 5.74) is -0.677. The van der Waals surface area contributed by atoms with Gasteiger partial charge in [0.1, 0.15) is 29.5 Å². The second-order valence-corrected chi connectivity index (χ2v) is 10.6. The molecule has 1 aliphatic rings. The average Bonchev–Trinajstić information content (AvgIpc) is 3.15. The second kappa shape index (κ2) is 14.0. The zero-order valence-corrected chi connectivity index (χ0v) is 23.8. The van der Waals surface area contributed by atoms with Gasteiger partial charge in [0, 0.05) is 10.6 Å². The number of alkyl halides is 3. The maximum atomic E-state index is 12.8. The Kier molecular flexibility index (Phi) is 11.7. The first-order valence-corrected chi connectivity index (χ1v) is 13.3. The first-order chi connectivity index (χ1) is 18.1. The number of carbonyl (C=O) groups excluding carboxylic acids is 2. The number of hydrogen-bond donors (Lipinski definition) is 0. The molecule has 1 unspecified atom stereocenters. The number of rotatable bonds is 10. The average molecular weight is 573 g/mol. The Morgan fingerprint density at radius 2 is 1.69 bits per heavy atom. The first kappa shape index (κ1) is 32.5. The maximum Gasteiger partial charge on any atom is 0.416 e. The van der Waals surface area contributed by atoms with Crippen molar-refractivity contribution in [3.8, 4) is 11.5 Å². The fraction of sp³-hybridized carbons (Fsp3) is 0.500. The van der Waals surface area contributed by atoms with E-state index in [0.717, 1.165) is 22.6 Å². The van der Waals surface area contributed by atoms with E-state index in [1.165, 1.54) is 37.7 Å². The third kappa shape index (κ3) is 11.1. The van der Waals surface area contributed by atoms with Crippen LogP contribution >= 0.6 is 11.8 Å². The molecule has 216 valence electrons. The van der Waals surface area contributed by atoms with Gasteiger partial charge in [0.2, 0.25) is 0 Å². The lowest BCUT2D eigenvalue weighted by Gasteiger charge is -2.29. The van der Waals surface area contributed by atoms with Gasteiger partial charge in [-0.15, -0.1) is 11.8 Å². The molecule has 1 fully saturated rings. The molecular weight excluding hydrogens is 537 g/mol. The number of esters is 1. The van der Waals surface area contributed by atoms with Crippen molar-refractivity contribution in [3.63, 3.8) is 0 Å². The molecule has 0 aliphatic carbocycles. The van der Waals surface area contributed by atoms with Crippen molar-refractivity contribution in [1.82, 2.24) is 0 Å². The lowest BCUT2D eigenvalue weighted by Crippen LogP contribution is -2.43. The zero-order valence-electron chi connectivity index (χ0n) is 23.0. The van der Waals surface area contributed by atoms with Crippen LogP contribution in [-0.2, 0) is 30.0 Å². The van der Waals surface area contributed by atoms with Crippen LogP contribution in [0.25, 0.3) is 0 Å². The number of carbonyl (C=O) groups is 2. The molecule has 0 spiro atoms. The molecule has 1 saturated heterocycles. The number of ether oxygens (including phenoxy) is 5. The summed E-state index contributed by atoms with van der Waals surface area (Å²) < 4.78 is 66.6. The zero-order chi connectivity index (χ0) is 29.3. The van der Waals surface area contributed by atoms with E-state index < -0.39 is 29.1 Å². The fourth-order valence-corrected chi connectivity index (χ4v) is 4.53. The Hall–Kier alpha value is -2.76. The summed E-state index contributed by atoms with van der Waals surface area (Å²) in [6.45, 7) is 10.8. The summed E-state index contributed by atoms with van der Waals surface area (Å²) >= 11 is 1.53. The Balaban J connectivity index is 0.00000124. The molecule has 0 N–H and O–H groups in total. The third-order valence-corrected chi connectivity index (χ3v) is 6.39. The topological polar surface area (TPSA) is 80.3 Å². The summed E-state index contributed by atoms with van der Waals surface area (Å²) in [5.74, 6) is 0.310. The summed E-state index contributed by atoms with van der Waals surface area (Å²) in [6.07, 6.45) is -4.40. The molecule has 0 aromatic heterocycles. The molecule has 0 amide bonds. The largest absolute Gasteiger partial charge is 0.490 e. The summed E-state index contributed by atoms with van der Waals surface area (Å²) in [7, 11) is 0. The van der Waals surface area contributed by atoms with Gasteiger partial charge in [-0.25, -0.2) is 4.79 Å². The molecule has 0 radical (unpaired) electrons. The van der Waals surface area contributed by atoms with E-state index in [1.807, 2.05) is 19.1 Å². The number of hydrogen-bond acceptors (Lipinski definition) is 8. The first-order valence-electron chi connectivity index (χ1n) is 12.3. The minimum absolute atomic E-state index is 0.106. The molecule has 0 saturated carbocycles. The van der Waals surface area contributed by atoms with E-state index in [0.29, 0.717) is 23.9 Å². The van der Waals surface area contributed by atoms with Crippen LogP contribution in [0.4, 0.5) is 13.2 Å². The van der Waals surface area contributed by atoms with Crippen molar-refractivity contribution in [2.24, 2.45) is 0 Å². The molecular formula is C28H35F3O7S. The van der Waals surface area contributed by atoms with E-state index in [4.69, 9.17) is 23.7 Å². The number of ketones is 1. The number of Topliss-reactive ketones (excluding diaryl/α,β-unsaturated/α-hetero) is 1. The predicted molar refractivity (Wildman–Crippen MR) is 141 cm³/mol. The van der Waals surface area contributed by atoms with Crippen molar-refractivity contribution in [2.45, 2.75) is 64.0 Å². The highest BCUT2D eigenvalue weighted by atomic mass is 32.2. The van der Waals surface area contributed by atoms with Gasteiger partial charge in [0.25, 0.3) is 0 Å². The summed E-state index contributed by atoms with van der Waals surface area (Å²) in [6, 6.07) is 10.2.